The maximum atomic E-state index is 11.2. The number of rotatable bonds is 4. The Morgan fingerprint density at radius 3 is 2.60 bits per heavy atom. The molecule has 0 saturated carbocycles. The number of aromatic nitrogens is 2. The number of hydrogen-bond acceptors (Lipinski definition) is 3. The van der Waals surface area contributed by atoms with Crippen LogP contribution >= 0.6 is 34.8 Å². The van der Waals surface area contributed by atoms with Gasteiger partial charge >= 0.3 is 3.12 Å². The van der Waals surface area contributed by atoms with Crippen molar-refractivity contribution in [3.63, 3.8) is 0 Å². The summed E-state index contributed by atoms with van der Waals surface area (Å²) in [5.41, 5.74) is 0.794. The van der Waals surface area contributed by atoms with Gasteiger partial charge in [-0.25, -0.2) is 18.1 Å². The van der Waals surface area contributed by atoms with Crippen molar-refractivity contribution in [3.8, 4) is 0 Å². The molecule has 1 heterocycles. The van der Waals surface area contributed by atoms with E-state index in [2.05, 4.69) is 14.7 Å². The predicted molar refractivity (Wildman–Crippen MR) is 59.5 cm³/mol. The van der Waals surface area contributed by atoms with E-state index >= 15 is 0 Å². The van der Waals surface area contributed by atoms with E-state index in [0.717, 1.165) is 5.69 Å². The Labute approximate surface area is 102 Å². The zero-order chi connectivity index (χ0) is 11.5. The van der Waals surface area contributed by atoms with Gasteiger partial charge in [0.05, 0.1) is 6.33 Å². The fourth-order valence-electron chi connectivity index (χ4n) is 0.823. The maximum Gasteiger partial charge on any atom is 0.306 e. The molecule has 0 atom stereocenters. The van der Waals surface area contributed by atoms with Crippen molar-refractivity contribution in [2.75, 3.05) is 6.54 Å². The molecule has 1 rings (SSSR count). The van der Waals surface area contributed by atoms with Gasteiger partial charge in [0.15, 0.2) is 0 Å². The third-order valence-electron chi connectivity index (χ3n) is 1.55. The second-order valence-electron chi connectivity index (χ2n) is 2.67. The van der Waals surface area contributed by atoms with Gasteiger partial charge in [0.25, 0.3) is 10.0 Å². The molecule has 2 N–H and O–H groups in total. The molecule has 0 bridgehead atoms. The molecule has 9 heteroatoms. The van der Waals surface area contributed by atoms with Gasteiger partial charge < -0.3 is 4.98 Å². The first-order chi connectivity index (χ1) is 6.83. The fourth-order valence-corrected chi connectivity index (χ4v) is 1.85. The molecule has 0 aliphatic carbocycles. The Balaban J connectivity index is 2.45. The summed E-state index contributed by atoms with van der Waals surface area (Å²) < 4.78 is 22.3. The zero-order valence-corrected chi connectivity index (χ0v) is 10.5. The number of aromatic amines is 1. The summed E-state index contributed by atoms with van der Waals surface area (Å²) in [6.45, 7) is 0.137. The lowest BCUT2D eigenvalue weighted by atomic mass is 10.3. The van der Waals surface area contributed by atoms with Crippen molar-refractivity contribution in [1.29, 1.82) is 0 Å². The minimum absolute atomic E-state index is 0.137. The molecule has 0 saturated heterocycles. The SMILES string of the molecule is O=S(=O)(NCCc1cnc[nH]1)C(Cl)(Cl)Cl. The van der Waals surface area contributed by atoms with Crippen molar-refractivity contribution in [1.82, 2.24) is 14.7 Å². The van der Waals surface area contributed by atoms with Gasteiger partial charge in [-0.1, -0.05) is 34.8 Å². The van der Waals surface area contributed by atoms with Crippen LogP contribution < -0.4 is 4.72 Å². The van der Waals surface area contributed by atoms with Gasteiger partial charge in [0.2, 0.25) is 0 Å². The van der Waals surface area contributed by atoms with Crippen LogP contribution in [0.2, 0.25) is 0 Å². The lowest BCUT2D eigenvalue weighted by Gasteiger charge is -2.12. The molecule has 5 nitrogen and oxygen atoms in total. The number of hydrogen-bond donors (Lipinski definition) is 2. The third kappa shape index (κ3) is 3.81. The van der Waals surface area contributed by atoms with Crippen LogP contribution in [0, 0.1) is 0 Å². The standard InChI is InChI=1S/C6H8Cl3N3O2S/c7-6(8,9)15(13,14)12-2-1-5-3-10-4-11-5/h3-4,12H,1-2H2,(H,10,11). The molecule has 0 aliphatic rings. The second kappa shape index (κ2) is 4.88. The Morgan fingerprint density at radius 2 is 2.13 bits per heavy atom. The maximum absolute atomic E-state index is 11.2. The molecule has 1 aromatic heterocycles. The number of alkyl halides is 3. The fraction of sp³-hybridized carbons (Fsp3) is 0.500. The van der Waals surface area contributed by atoms with Crippen molar-refractivity contribution in [2.45, 2.75) is 9.55 Å². The number of nitrogens with zero attached hydrogens (tertiary/aromatic N) is 1. The van der Waals surface area contributed by atoms with E-state index in [4.69, 9.17) is 34.8 Å². The van der Waals surface area contributed by atoms with E-state index in [-0.39, 0.29) is 6.54 Å². The first-order valence-electron chi connectivity index (χ1n) is 3.86. The minimum Gasteiger partial charge on any atom is -0.348 e. The highest BCUT2D eigenvalue weighted by Crippen LogP contribution is 2.31. The average Bonchev–Trinajstić information content (AvgIpc) is 2.54. The van der Waals surface area contributed by atoms with Crippen LogP contribution in [0.5, 0.6) is 0 Å². The van der Waals surface area contributed by atoms with Crippen LogP contribution in [0.1, 0.15) is 5.69 Å². The molecule has 0 radical (unpaired) electrons. The van der Waals surface area contributed by atoms with E-state index in [0.29, 0.717) is 6.42 Å². The van der Waals surface area contributed by atoms with Crippen LogP contribution in [-0.2, 0) is 16.4 Å². The van der Waals surface area contributed by atoms with Crippen molar-refractivity contribution < 1.29 is 8.42 Å². The molecule has 15 heavy (non-hydrogen) atoms. The summed E-state index contributed by atoms with van der Waals surface area (Å²) in [4.78, 5) is 6.59. The number of sulfonamides is 1. The highest BCUT2D eigenvalue weighted by molar-refractivity contribution is 7.95. The topological polar surface area (TPSA) is 74.8 Å². The van der Waals surface area contributed by atoms with Crippen molar-refractivity contribution >= 4 is 44.8 Å². The van der Waals surface area contributed by atoms with E-state index in [1.54, 1.807) is 6.20 Å². The second-order valence-corrected chi connectivity index (χ2v) is 7.53. The zero-order valence-electron chi connectivity index (χ0n) is 7.37. The van der Waals surface area contributed by atoms with E-state index < -0.39 is 13.1 Å². The van der Waals surface area contributed by atoms with E-state index in [9.17, 15) is 8.42 Å². The molecule has 86 valence electrons. The van der Waals surface area contributed by atoms with Crippen LogP contribution in [0.3, 0.4) is 0 Å². The van der Waals surface area contributed by atoms with Gasteiger partial charge in [-0.2, -0.15) is 0 Å². The Bertz CT molecular complexity index is 398. The van der Waals surface area contributed by atoms with Gasteiger partial charge in [0.1, 0.15) is 0 Å². The summed E-state index contributed by atoms with van der Waals surface area (Å²) in [6, 6.07) is 0. The van der Waals surface area contributed by atoms with E-state index in [1.807, 2.05) is 0 Å². The Kier molecular flexibility index (Phi) is 4.25. The predicted octanol–water partition coefficient (Wildman–Crippen LogP) is 1.20. The Hall–Kier alpha value is -0.0100. The van der Waals surface area contributed by atoms with Gasteiger partial charge in [-0.15, -0.1) is 0 Å². The van der Waals surface area contributed by atoms with E-state index in [1.165, 1.54) is 6.33 Å². The first kappa shape index (κ1) is 13.1. The quantitative estimate of drug-likeness (QED) is 0.819. The van der Waals surface area contributed by atoms with Crippen LogP contribution in [-0.4, -0.2) is 28.1 Å². The summed E-state index contributed by atoms with van der Waals surface area (Å²) in [5.74, 6) is 0. The molecule has 0 amide bonds. The normalized spacial score (nSPS) is 13.0. The first-order valence-corrected chi connectivity index (χ1v) is 6.48. The highest BCUT2D eigenvalue weighted by atomic mass is 35.6. The summed E-state index contributed by atoms with van der Waals surface area (Å²) in [7, 11) is -3.94. The number of nitrogens with one attached hydrogen (secondary N) is 2. The molecule has 0 aliphatic heterocycles. The summed E-state index contributed by atoms with van der Waals surface area (Å²) >= 11 is 15.7. The van der Waals surface area contributed by atoms with Crippen LogP contribution in [0.15, 0.2) is 12.5 Å². The van der Waals surface area contributed by atoms with Crippen molar-refractivity contribution in [2.24, 2.45) is 0 Å². The van der Waals surface area contributed by atoms with Gasteiger partial charge in [-0.3, -0.25) is 0 Å². The molecular formula is C6H8Cl3N3O2S. The molecule has 1 aromatic rings. The monoisotopic (exact) mass is 291 g/mol. The molecule has 0 fully saturated rings. The summed E-state index contributed by atoms with van der Waals surface area (Å²) in [6.07, 6.45) is 3.53. The van der Waals surface area contributed by atoms with Crippen molar-refractivity contribution in [3.05, 3.63) is 18.2 Å². The average molecular weight is 293 g/mol. The minimum atomic E-state index is -3.94. The number of H-pyrrole nitrogens is 1. The lowest BCUT2D eigenvalue weighted by Crippen LogP contribution is -2.35. The molecule has 0 spiro atoms. The number of imidazole rings is 1. The third-order valence-corrected chi connectivity index (χ3v) is 4.57. The van der Waals surface area contributed by atoms with Gasteiger partial charge in [0, 0.05) is 24.9 Å². The molecule has 0 aromatic carbocycles. The summed E-state index contributed by atoms with van der Waals surface area (Å²) in [5, 5.41) is 0. The molecular weight excluding hydrogens is 285 g/mol. The highest BCUT2D eigenvalue weighted by Gasteiger charge is 2.37. The van der Waals surface area contributed by atoms with Crippen LogP contribution in [0.4, 0.5) is 0 Å². The Morgan fingerprint density at radius 1 is 1.47 bits per heavy atom. The lowest BCUT2D eigenvalue weighted by molar-refractivity contribution is 0.581. The number of halogens is 3. The van der Waals surface area contributed by atoms with Crippen LogP contribution in [0.25, 0.3) is 0 Å². The van der Waals surface area contributed by atoms with Gasteiger partial charge in [-0.05, 0) is 0 Å². The smallest absolute Gasteiger partial charge is 0.306 e. The molecule has 0 unspecified atom stereocenters. The largest absolute Gasteiger partial charge is 0.348 e.